The van der Waals surface area contributed by atoms with Gasteiger partial charge in [0.05, 0.1) is 0 Å². The lowest BCUT2D eigenvalue weighted by Gasteiger charge is -2.27. The molecule has 5 nitrogen and oxygen atoms in total. The van der Waals surface area contributed by atoms with Crippen LogP contribution in [0, 0.1) is 0 Å². The van der Waals surface area contributed by atoms with Crippen molar-refractivity contribution in [3.05, 3.63) is 53.1 Å². The smallest absolute Gasteiger partial charge is 0.251 e. The predicted molar refractivity (Wildman–Crippen MR) is 79.5 cm³/mol. The number of nitrogens with one attached hydrogen (secondary N) is 1. The minimum absolute atomic E-state index is 0.0492. The van der Waals surface area contributed by atoms with Crippen LogP contribution < -0.4 is 15.8 Å². The lowest BCUT2D eigenvalue weighted by atomic mass is 9.90. The fourth-order valence-electron chi connectivity index (χ4n) is 2.43. The Morgan fingerprint density at radius 3 is 2.86 bits per heavy atom. The monoisotopic (exact) mass is 304 g/mol. The number of hydrogen-bond donors (Lipinski definition) is 3. The van der Waals surface area contributed by atoms with Crippen LogP contribution in [0.5, 0.6) is 11.5 Å². The Morgan fingerprint density at radius 2 is 2.14 bits per heavy atom. The van der Waals surface area contributed by atoms with E-state index in [0.29, 0.717) is 22.0 Å². The first-order chi connectivity index (χ1) is 10.0. The van der Waals surface area contributed by atoms with Crippen LogP contribution >= 0.6 is 11.6 Å². The molecule has 0 radical (unpaired) electrons. The number of phenolic OH excluding ortho intramolecular Hbond substituents is 1. The Hall–Kier alpha value is -2.40. The van der Waals surface area contributed by atoms with Crippen LogP contribution in [0.1, 0.15) is 5.56 Å². The standard InChI is InChI=1S/C15H13ClN2O3/c16-9-2-1-3-10(6-9)18-15(14(17)20)8-21-13-7-11(19)4-5-12(13)15/h1-7,18-19H,8H2,(H2,17,20). The average molecular weight is 305 g/mol. The molecule has 2 aromatic carbocycles. The first kappa shape index (κ1) is 13.6. The molecule has 0 aliphatic carbocycles. The lowest BCUT2D eigenvalue weighted by Crippen LogP contribution is -2.49. The number of amides is 1. The molecule has 2 aromatic rings. The molecule has 3 rings (SSSR count). The first-order valence-electron chi connectivity index (χ1n) is 6.31. The van der Waals surface area contributed by atoms with Gasteiger partial charge in [-0.15, -0.1) is 0 Å². The molecule has 1 amide bonds. The fourth-order valence-corrected chi connectivity index (χ4v) is 2.62. The molecule has 1 heterocycles. The van der Waals surface area contributed by atoms with Gasteiger partial charge in [0.25, 0.3) is 5.91 Å². The molecule has 21 heavy (non-hydrogen) atoms. The molecular weight excluding hydrogens is 292 g/mol. The molecule has 1 aliphatic heterocycles. The predicted octanol–water partition coefficient (Wildman–Crippen LogP) is 2.23. The number of ether oxygens (including phenoxy) is 1. The van der Waals surface area contributed by atoms with E-state index >= 15 is 0 Å². The molecule has 1 unspecified atom stereocenters. The third-order valence-electron chi connectivity index (χ3n) is 3.47. The third kappa shape index (κ3) is 2.25. The summed E-state index contributed by atoms with van der Waals surface area (Å²) in [4.78, 5) is 12.0. The van der Waals surface area contributed by atoms with Crippen molar-refractivity contribution in [2.24, 2.45) is 5.73 Å². The summed E-state index contributed by atoms with van der Waals surface area (Å²) < 4.78 is 5.50. The quantitative estimate of drug-likeness (QED) is 0.812. The Balaban J connectivity index is 2.06. The van der Waals surface area contributed by atoms with Crippen molar-refractivity contribution in [1.29, 1.82) is 0 Å². The van der Waals surface area contributed by atoms with Gasteiger partial charge in [0, 0.05) is 22.3 Å². The number of halogens is 1. The number of phenols is 1. The summed E-state index contributed by atoms with van der Waals surface area (Å²) in [6.07, 6.45) is 0. The minimum atomic E-state index is -1.19. The maximum atomic E-state index is 12.0. The van der Waals surface area contributed by atoms with Crippen molar-refractivity contribution in [3.63, 3.8) is 0 Å². The Labute approximate surface area is 126 Å². The molecule has 0 saturated carbocycles. The number of rotatable bonds is 3. The van der Waals surface area contributed by atoms with Gasteiger partial charge in [-0.2, -0.15) is 0 Å². The van der Waals surface area contributed by atoms with Crippen LogP contribution in [0.15, 0.2) is 42.5 Å². The molecule has 0 saturated heterocycles. The van der Waals surface area contributed by atoms with Crippen LogP contribution in [0.25, 0.3) is 0 Å². The van der Waals surface area contributed by atoms with Gasteiger partial charge in [-0.25, -0.2) is 0 Å². The normalized spacial score (nSPS) is 19.7. The largest absolute Gasteiger partial charge is 0.508 e. The summed E-state index contributed by atoms with van der Waals surface area (Å²) in [5.41, 5.74) is 5.66. The zero-order valence-electron chi connectivity index (χ0n) is 11.0. The van der Waals surface area contributed by atoms with E-state index in [0.717, 1.165) is 0 Å². The summed E-state index contributed by atoms with van der Waals surface area (Å²) in [6.45, 7) is 0.0492. The van der Waals surface area contributed by atoms with Crippen molar-refractivity contribution in [3.8, 4) is 11.5 Å². The van der Waals surface area contributed by atoms with E-state index in [1.54, 1.807) is 30.3 Å². The van der Waals surface area contributed by atoms with Gasteiger partial charge >= 0.3 is 0 Å². The third-order valence-corrected chi connectivity index (χ3v) is 3.71. The van der Waals surface area contributed by atoms with E-state index in [9.17, 15) is 9.90 Å². The van der Waals surface area contributed by atoms with E-state index in [4.69, 9.17) is 22.1 Å². The molecule has 0 aromatic heterocycles. The van der Waals surface area contributed by atoms with E-state index in [1.165, 1.54) is 12.1 Å². The molecular formula is C15H13ClN2O3. The van der Waals surface area contributed by atoms with E-state index in [2.05, 4.69) is 5.32 Å². The summed E-state index contributed by atoms with van der Waals surface area (Å²) in [6, 6.07) is 11.6. The van der Waals surface area contributed by atoms with E-state index in [-0.39, 0.29) is 12.4 Å². The van der Waals surface area contributed by atoms with Crippen LogP contribution in [0.2, 0.25) is 5.02 Å². The summed E-state index contributed by atoms with van der Waals surface area (Å²) in [5.74, 6) is -0.0629. The van der Waals surface area contributed by atoms with Gasteiger partial charge in [-0.1, -0.05) is 17.7 Å². The molecule has 0 fully saturated rings. The SMILES string of the molecule is NC(=O)C1(Nc2cccc(Cl)c2)COc2cc(O)ccc21. The second-order valence-corrected chi connectivity index (χ2v) is 5.31. The minimum Gasteiger partial charge on any atom is -0.508 e. The van der Waals surface area contributed by atoms with E-state index < -0.39 is 11.4 Å². The number of carbonyl (C=O) groups excluding carboxylic acids is 1. The fraction of sp³-hybridized carbons (Fsp3) is 0.133. The summed E-state index contributed by atoms with van der Waals surface area (Å²) in [7, 11) is 0. The number of carbonyl (C=O) groups is 1. The molecule has 6 heteroatoms. The molecule has 0 spiro atoms. The van der Waals surface area contributed by atoms with Crippen molar-refractivity contribution >= 4 is 23.2 Å². The summed E-state index contributed by atoms with van der Waals surface area (Å²) in [5, 5.41) is 13.1. The van der Waals surface area contributed by atoms with Gasteiger partial charge < -0.3 is 20.9 Å². The topological polar surface area (TPSA) is 84.6 Å². The van der Waals surface area contributed by atoms with Gasteiger partial charge in [0.2, 0.25) is 0 Å². The maximum Gasteiger partial charge on any atom is 0.251 e. The molecule has 0 bridgehead atoms. The highest BCUT2D eigenvalue weighted by molar-refractivity contribution is 6.30. The van der Waals surface area contributed by atoms with Crippen LogP contribution in [0.3, 0.4) is 0 Å². The van der Waals surface area contributed by atoms with Gasteiger partial charge in [-0.05, 0) is 30.3 Å². The first-order valence-corrected chi connectivity index (χ1v) is 6.69. The highest BCUT2D eigenvalue weighted by Gasteiger charge is 2.46. The highest BCUT2D eigenvalue weighted by Crippen LogP contribution is 2.41. The molecule has 1 atom stereocenters. The summed E-state index contributed by atoms with van der Waals surface area (Å²) >= 11 is 5.96. The zero-order valence-corrected chi connectivity index (χ0v) is 11.7. The van der Waals surface area contributed by atoms with Gasteiger partial charge in [-0.3, -0.25) is 4.79 Å². The van der Waals surface area contributed by atoms with Crippen molar-refractivity contribution in [1.82, 2.24) is 0 Å². The molecule has 4 N–H and O–H groups in total. The second-order valence-electron chi connectivity index (χ2n) is 4.87. The van der Waals surface area contributed by atoms with Crippen LogP contribution in [-0.2, 0) is 10.3 Å². The maximum absolute atomic E-state index is 12.0. The number of benzene rings is 2. The number of anilines is 1. The highest BCUT2D eigenvalue weighted by atomic mass is 35.5. The van der Waals surface area contributed by atoms with Crippen molar-refractivity contribution in [2.45, 2.75) is 5.54 Å². The zero-order chi connectivity index (χ0) is 15.0. The van der Waals surface area contributed by atoms with Crippen molar-refractivity contribution in [2.75, 3.05) is 11.9 Å². The van der Waals surface area contributed by atoms with Gasteiger partial charge in [0.1, 0.15) is 18.1 Å². The Morgan fingerprint density at radius 1 is 1.33 bits per heavy atom. The van der Waals surface area contributed by atoms with Gasteiger partial charge in [0.15, 0.2) is 5.54 Å². The lowest BCUT2D eigenvalue weighted by molar-refractivity contribution is -0.122. The van der Waals surface area contributed by atoms with Crippen LogP contribution in [0.4, 0.5) is 5.69 Å². The Bertz CT molecular complexity index is 720. The number of hydrogen-bond acceptors (Lipinski definition) is 4. The molecule has 1 aliphatic rings. The average Bonchev–Trinajstić information content (AvgIpc) is 2.78. The number of nitrogens with two attached hydrogens (primary N) is 1. The second kappa shape index (κ2) is 4.86. The van der Waals surface area contributed by atoms with Crippen molar-refractivity contribution < 1.29 is 14.6 Å². The number of primary amides is 1. The van der Waals surface area contributed by atoms with E-state index in [1.807, 2.05) is 0 Å². The van der Waals surface area contributed by atoms with Crippen LogP contribution in [-0.4, -0.2) is 17.6 Å². The number of fused-ring (bicyclic) bond motifs is 1. The number of aromatic hydroxyl groups is 1. The Kier molecular flexibility index (Phi) is 3.14. The molecule has 108 valence electrons.